The molecule has 1 atom stereocenters. The van der Waals surface area contributed by atoms with E-state index in [9.17, 15) is 4.79 Å². The molecule has 0 spiro atoms. The summed E-state index contributed by atoms with van der Waals surface area (Å²) in [6, 6.07) is 5.23. The fourth-order valence-corrected chi connectivity index (χ4v) is 1.82. The summed E-state index contributed by atoms with van der Waals surface area (Å²) < 4.78 is 0. The maximum Gasteiger partial charge on any atom is 0.308 e. The van der Waals surface area contributed by atoms with E-state index < -0.39 is 11.9 Å². The molecule has 0 fully saturated rings. The fourth-order valence-electron chi connectivity index (χ4n) is 1.53. The molecule has 0 saturated carbocycles. The number of anilines is 1. The Labute approximate surface area is 117 Å². The van der Waals surface area contributed by atoms with Crippen LogP contribution in [0.5, 0.6) is 0 Å². The molecule has 98 valence electrons. The normalized spacial score (nSPS) is 11.9. The summed E-state index contributed by atoms with van der Waals surface area (Å²) in [6.07, 6.45) is 1.72. The van der Waals surface area contributed by atoms with Crippen LogP contribution in [0.2, 0.25) is 10.0 Å². The van der Waals surface area contributed by atoms with Gasteiger partial charge in [0, 0.05) is 18.8 Å². The Kier molecular flexibility index (Phi) is 5.51. The zero-order valence-electron chi connectivity index (χ0n) is 10.1. The Morgan fingerprint density at radius 2 is 2.17 bits per heavy atom. The highest BCUT2D eigenvalue weighted by molar-refractivity contribution is 6.42. The van der Waals surface area contributed by atoms with E-state index in [2.05, 4.69) is 6.58 Å². The van der Waals surface area contributed by atoms with E-state index in [1.165, 1.54) is 0 Å². The Morgan fingerprint density at radius 3 is 2.67 bits per heavy atom. The summed E-state index contributed by atoms with van der Waals surface area (Å²) >= 11 is 11.8. The second kappa shape index (κ2) is 6.66. The van der Waals surface area contributed by atoms with E-state index in [1.54, 1.807) is 25.1 Å². The van der Waals surface area contributed by atoms with Crippen LogP contribution >= 0.6 is 23.2 Å². The number of benzene rings is 1. The lowest BCUT2D eigenvalue weighted by atomic mass is 10.1. The summed E-state index contributed by atoms with van der Waals surface area (Å²) in [6.45, 7) is 6.27. The Balaban J connectivity index is 2.92. The number of carbonyl (C=O) groups is 1. The van der Waals surface area contributed by atoms with Crippen LogP contribution < -0.4 is 4.90 Å². The number of hydrogen-bond donors (Lipinski definition) is 1. The Bertz CT molecular complexity index is 449. The minimum absolute atomic E-state index is 0.388. The molecule has 0 amide bonds. The van der Waals surface area contributed by atoms with Crippen molar-refractivity contribution in [3.63, 3.8) is 0 Å². The van der Waals surface area contributed by atoms with Crippen molar-refractivity contribution in [2.24, 2.45) is 5.92 Å². The van der Waals surface area contributed by atoms with Gasteiger partial charge in [-0.25, -0.2) is 0 Å². The molecule has 0 aliphatic carbocycles. The molecule has 0 aliphatic heterocycles. The molecule has 1 unspecified atom stereocenters. The Morgan fingerprint density at radius 1 is 1.50 bits per heavy atom. The molecule has 5 heteroatoms. The van der Waals surface area contributed by atoms with Gasteiger partial charge in [-0.3, -0.25) is 4.79 Å². The predicted octanol–water partition coefficient (Wildman–Crippen LogP) is 3.71. The summed E-state index contributed by atoms with van der Waals surface area (Å²) in [5, 5.41) is 9.87. The molecule has 0 aromatic heterocycles. The topological polar surface area (TPSA) is 40.5 Å². The first-order valence-corrected chi connectivity index (χ1v) is 6.25. The number of nitrogens with zero attached hydrogens (tertiary/aromatic N) is 1. The predicted molar refractivity (Wildman–Crippen MR) is 75.7 cm³/mol. The van der Waals surface area contributed by atoms with E-state index in [1.807, 2.05) is 11.0 Å². The van der Waals surface area contributed by atoms with Crippen molar-refractivity contribution in [3.8, 4) is 0 Å². The fraction of sp³-hybridized carbons (Fsp3) is 0.308. The van der Waals surface area contributed by atoms with Crippen LogP contribution in [0.15, 0.2) is 30.9 Å². The lowest BCUT2D eigenvalue weighted by molar-refractivity contribution is -0.140. The molecule has 3 nitrogen and oxygen atoms in total. The summed E-state index contributed by atoms with van der Waals surface area (Å²) in [7, 11) is 0. The van der Waals surface area contributed by atoms with E-state index >= 15 is 0 Å². The van der Waals surface area contributed by atoms with E-state index in [0.717, 1.165) is 5.69 Å². The first kappa shape index (κ1) is 14.9. The van der Waals surface area contributed by atoms with Crippen molar-refractivity contribution in [2.75, 3.05) is 18.0 Å². The van der Waals surface area contributed by atoms with Gasteiger partial charge in [0.25, 0.3) is 0 Å². The van der Waals surface area contributed by atoms with Crippen molar-refractivity contribution in [2.45, 2.75) is 6.92 Å². The van der Waals surface area contributed by atoms with Gasteiger partial charge in [-0.15, -0.1) is 6.58 Å². The van der Waals surface area contributed by atoms with Gasteiger partial charge < -0.3 is 10.0 Å². The number of hydrogen-bond acceptors (Lipinski definition) is 2. The first-order chi connectivity index (χ1) is 8.45. The van der Waals surface area contributed by atoms with Crippen molar-refractivity contribution >= 4 is 34.9 Å². The summed E-state index contributed by atoms with van der Waals surface area (Å²) in [4.78, 5) is 12.8. The lowest BCUT2D eigenvalue weighted by Crippen LogP contribution is -2.32. The third kappa shape index (κ3) is 3.93. The highest BCUT2D eigenvalue weighted by Crippen LogP contribution is 2.27. The van der Waals surface area contributed by atoms with Crippen molar-refractivity contribution in [3.05, 3.63) is 40.9 Å². The molecule has 0 radical (unpaired) electrons. The van der Waals surface area contributed by atoms with Gasteiger partial charge in [-0.1, -0.05) is 36.2 Å². The zero-order valence-corrected chi connectivity index (χ0v) is 11.6. The number of rotatable bonds is 6. The van der Waals surface area contributed by atoms with Crippen molar-refractivity contribution in [1.82, 2.24) is 0 Å². The van der Waals surface area contributed by atoms with Gasteiger partial charge in [-0.2, -0.15) is 0 Å². The second-order valence-corrected chi connectivity index (χ2v) is 4.85. The van der Waals surface area contributed by atoms with Gasteiger partial charge in [-0.05, 0) is 18.2 Å². The SMILES string of the molecule is C=CCN(CC(C)C(=O)O)c1ccc(Cl)c(Cl)c1. The van der Waals surface area contributed by atoms with Gasteiger partial charge >= 0.3 is 5.97 Å². The highest BCUT2D eigenvalue weighted by Gasteiger charge is 2.16. The van der Waals surface area contributed by atoms with Crippen LogP contribution in [0, 0.1) is 5.92 Å². The van der Waals surface area contributed by atoms with Gasteiger partial charge in [0.2, 0.25) is 0 Å². The molecule has 0 heterocycles. The first-order valence-electron chi connectivity index (χ1n) is 5.49. The largest absolute Gasteiger partial charge is 0.481 e. The van der Waals surface area contributed by atoms with Crippen molar-refractivity contribution < 1.29 is 9.90 Å². The molecular formula is C13H15Cl2NO2. The van der Waals surface area contributed by atoms with Crippen LogP contribution in [-0.4, -0.2) is 24.2 Å². The summed E-state index contributed by atoms with van der Waals surface area (Å²) in [5.74, 6) is -1.30. The summed E-state index contributed by atoms with van der Waals surface area (Å²) in [5.41, 5.74) is 0.831. The quantitative estimate of drug-likeness (QED) is 0.811. The Hall–Kier alpha value is -1.19. The van der Waals surface area contributed by atoms with Crippen molar-refractivity contribution in [1.29, 1.82) is 0 Å². The molecule has 1 aromatic rings. The van der Waals surface area contributed by atoms with Crippen LogP contribution in [0.3, 0.4) is 0 Å². The molecule has 18 heavy (non-hydrogen) atoms. The molecule has 0 saturated heterocycles. The molecule has 0 bridgehead atoms. The average Bonchev–Trinajstić information content (AvgIpc) is 2.32. The average molecular weight is 288 g/mol. The smallest absolute Gasteiger partial charge is 0.308 e. The monoisotopic (exact) mass is 287 g/mol. The second-order valence-electron chi connectivity index (χ2n) is 4.03. The number of halogens is 2. The maximum atomic E-state index is 10.9. The zero-order chi connectivity index (χ0) is 13.7. The molecule has 1 N–H and O–H groups in total. The lowest BCUT2D eigenvalue weighted by Gasteiger charge is -2.25. The minimum atomic E-state index is -0.830. The minimum Gasteiger partial charge on any atom is -0.481 e. The van der Waals surface area contributed by atoms with Crippen LogP contribution in [-0.2, 0) is 4.79 Å². The van der Waals surface area contributed by atoms with E-state index in [4.69, 9.17) is 28.3 Å². The third-order valence-corrected chi connectivity index (χ3v) is 3.27. The molecule has 1 rings (SSSR count). The van der Waals surface area contributed by atoms with Crippen LogP contribution in [0.1, 0.15) is 6.92 Å². The standard InChI is InChI=1S/C13H15Cl2NO2/c1-3-6-16(8-9(2)13(17)18)10-4-5-11(14)12(15)7-10/h3-5,7,9H,1,6,8H2,2H3,(H,17,18). The van der Waals surface area contributed by atoms with E-state index in [0.29, 0.717) is 23.1 Å². The van der Waals surface area contributed by atoms with Crippen LogP contribution in [0.4, 0.5) is 5.69 Å². The van der Waals surface area contributed by atoms with Crippen LogP contribution in [0.25, 0.3) is 0 Å². The van der Waals surface area contributed by atoms with Gasteiger partial charge in [0.1, 0.15) is 0 Å². The maximum absolute atomic E-state index is 10.9. The van der Waals surface area contributed by atoms with Gasteiger partial charge in [0.15, 0.2) is 0 Å². The third-order valence-electron chi connectivity index (χ3n) is 2.53. The highest BCUT2D eigenvalue weighted by atomic mass is 35.5. The van der Waals surface area contributed by atoms with Gasteiger partial charge in [0.05, 0.1) is 16.0 Å². The molecule has 1 aromatic carbocycles. The number of carboxylic acids is 1. The number of carboxylic acid groups (broad SMARTS) is 1. The molecular weight excluding hydrogens is 273 g/mol. The molecule has 0 aliphatic rings. The van der Waals surface area contributed by atoms with E-state index in [-0.39, 0.29) is 0 Å². The number of aliphatic carboxylic acids is 1.